The van der Waals surface area contributed by atoms with Crippen LogP contribution >= 0.6 is 0 Å². The zero-order valence-corrected chi connectivity index (χ0v) is 15.0. The Bertz CT molecular complexity index is 850. The van der Waals surface area contributed by atoms with Crippen LogP contribution in [0.15, 0.2) is 54.6 Å². The Hall–Kier alpha value is -2.18. The van der Waals surface area contributed by atoms with E-state index < -0.39 is 16.1 Å². The summed E-state index contributed by atoms with van der Waals surface area (Å²) in [6, 6.07) is 16.2. The largest absolute Gasteiger partial charge is 0.353 e. The number of carbonyl (C=O) groups is 1. The minimum Gasteiger partial charge on any atom is -0.353 e. The number of carbonyl (C=O) groups excluding carboxylic acids is 1. The molecular weight excluding hydrogens is 336 g/mol. The number of nitrogens with zero attached hydrogens (tertiary/aromatic N) is 1. The Balaban J connectivity index is 1.85. The lowest BCUT2D eigenvalue weighted by Crippen LogP contribution is -2.52. The van der Waals surface area contributed by atoms with Gasteiger partial charge >= 0.3 is 0 Å². The molecule has 0 radical (unpaired) electrons. The fraction of sp³-hybridized carbons (Fsp3) is 0.316. The number of sulfonamides is 1. The highest BCUT2D eigenvalue weighted by Crippen LogP contribution is 2.27. The Morgan fingerprint density at radius 2 is 1.88 bits per heavy atom. The van der Waals surface area contributed by atoms with Crippen LogP contribution in [0.5, 0.6) is 0 Å². The molecule has 1 unspecified atom stereocenters. The molecule has 1 N–H and O–H groups in total. The Labute approximate surface area is 148 Å². The highest BCUT2D eigenvalue weighted by atomic mass is 32.2. The number of amides is 1. The average Bonchev–Trinajstić information content (AvgIpc) is 2.61. The van der Waals surface area contributed by atoms with E-state index in [1.807, 2.05) is 61.5 Å². The quantitative estimate of drug-likeness (QED) is 0.889. The fourth-order valence-electron chi connectivity index (χ4n) is 3.11. The summed E-state index contributed by atoms with van der Waals surface area (Å²) in [7, 11) is -3.55. The van der Waals surface area contributed by atoms with Crippen molar-refractivity contribution in [3.8, 4) is 0 Å². The molecule has 5 nitrogen and oxygen atoms in total. The molecule has 3 rings (SSSR count). The molecule has 132 valence electrons. The van der Waals surface area contributed by atoms with Gasteiger partial charge in [0.05, 0.1) is 5.75 Å². The van der Waals surface area contributed by atoms with E-state index in [-0.39, 0.29) is 11.7 Å². The van der Waals surface area contributed by atoms with Crippen molar-refractivity contribution < 1.29 is 13.2 Å². The van der Waals surface area contributed by atoms with Gasteiger partial charge in [-0.3, -0.25) is 4.79 Å². The molecule has 6 heteroatoms. The molecule has 2 aromatic carbocycles. The lowest BCUT2D eigenvalue weighted by molar-refractivity contribution is -0.126. The summed E-state index contributed by atoms with van der Waals surface area (Å²) < 4.78 is 27.2. The first-order chi connectivity index (χ1) is 12.0. The highest BCUT2D eigenvalue weighted by molar-refractivity contribution is 7.89. The van der Waals surface area contributed by atoms with Crippen LogP contribution in [0.1, 0.15) is 22.7 Å². The second-order valence-electron chi connectivity index (χ2n) is 6.27. The summed E-state index contributed by atoms with van der Waals surface area (Å²) in [4.78, 5) is 12.4. The van der Waals surface area contributed by atoms with Crippen molar-refractivity contribution in [1.82, 2.24) is 9.62 Å². The third kappa shape index (κ3) is 4.08. The van der Waals surface area contributed by atoms with Crippen molar-refractivity contribution in [3.05, 3.63) is 71.3 Å². The van der Waals surface area contributed by atoms with Crippen molar-refractivity contribution in [2.45, 2.75) is 19.4 Å². The van der Waals surface area contributed by atoms with Crippen LogP contribution in [0.4, 0.5) is 0 Å². The normalized spacial score (nSPS) is 18.8. The maximum absolute atomic E-state index is 12.9. The summed E-state index contributed by atoms with van der Waals surface area (Å²) in [5, 5.41) is 2.78. The molecular formula is C19H22N2O3S. The van der Waals surface area contributed by atoms with Gasteiger partial charge in [-0.25, -0.2) is 8.42 Å². The van der Waals surface area contributed by atoms with Gasteiger partial charge in [0.25, 0.3) is 0 Å². The summed E-state index contributed by atoms with van der Waals surface area (Å²) in [6.45, 7) is 2.56. The third-order valence-electron chi connectivity index (χ3n) is 4.37. The molecule has 0 aromatic heterocycles. The lowest BCUT2D eigenvalue weighted by Gasteiger charge is -2.34. The van der Waals surface area contributed by atoms with Crippen molar-refractivity contribution in [1.29, 1.82) is 0 Å². The Kier molecular flexibility index (Phi) is 5.20. The minimum absolute atomic E-state index is 0.00733. The maximum atomic E-state index is 12.9. The average molecular weight is 358 g/mol. The maximum Gasteiger partial charge on any atom is 0.243 e. The summed E-state index contributed by atoms with van der Waals surface area (Å²) in [6.07, 6.45) is 0.432. The van der Waals surface area contributed by atoms with Crippen LogP contribution in [-0.4, -0.2) is 37.5 Å². The van der Waals surface area contributed by atoms with Gasteiger partial charge in [-0.2, -0.15) is 4.31 Å². The molecule has 1 heterocycles. The first kappa shape index (κ1) is 17.6. The number of hydrogen-bond acceptors (Lipinski definition) is 3. The fourth-order valence-corrected chi connectivity index (χ4v) is 4.75. The van der Waals surface area contributed by atoms with E-state index in [9.17, 15) is 13.2 Å². The Morgan fingerprint density at radius 3 is 2.60 bits per heavy atom. The molecule has 0 bridgehead atoms. The molecule has 1 aliphatic rings. The minimum atomic E-state index is -3.55. The monoisotopic (exact) mass is 358 g/mol. The van der Waals surface area contributed by atoms with Gasteiger partial charge in [-0.1, -0.05) is 60.2 Å². The van der Waals surface area contributed by atoms with E-state index in [1.165, 1.54) is 4.31 Å². The number of benzene rings is 2. The molecule has 0 spiro atoms. The van der Waals surface area contributed by atoms with Crippen molar-refractivity contribution >= 4 is 15.9 Å². The van der Waals surface area contributed by atoms with Crippen molar-refractivity contribution in [2.24, 2.45) is 0 Å². The molecule has 1 fully saturated rings. The van der Waals surface area contributed by atoms with E-state index in [4.69, 9.17) is 0 Å². The zero-order valence-electron chi connectivity index (χ0n) is 14.2. The van der Waals surface area contributed by atoms with E-state index in [1.54, 1.807) is 0 Å². The van der Waals surface area contributed by atoms with Crippen LogP contribution < -0.4 is 5.32 Å². The molecule has 2 aromatic rings. The van der Waals surface area contributed by atoms with E-state index in [0.29, 0.717) is 25.1 Å². The summed E-state index contributed by atoms with van der Waals surface area (Å²) in [5.41, 5.74) is 2.68. The number of rotatable bonds is 5. The van der Waals surface area contributed by atoms with E-state index >= 15 is 0 Å². The van der Waals surface area contributed by atoms with Gasteiger partial charge in [-0.05, 0) is 24.5 Å². The molecule has 0 saturated carbocycles. The van der Waals surface area contributed by atoms with Crippen LogP contribution in [-0.2, 0) is 21.2 Å². The standard InChI is InChI=1S/C19H22N2O3S/c1-15-6-5-9-17(14-15)18-19(22)20-11-12-21(18)25(23,24)13-10-16-7-3-2-4-8-16/h2-9,14,18H,10-13H2,1H3,(H,20,22). The Morgan fingerprint density at radius 1 is 1.12 bits per heavy atom. The van der Waals surface area contributed by atoms with Crippen LogP contribution in [0.3, 0.4) is 0 Å². The van der Waals surface area contributed by atoms with Gasteiger partial charge in [0.2, 0.25) is 15.9 Å². The third-order valence-corrected chi connectivity index (χ3v) is 6.20. The molecule has 1 saturated heterocycles. The van der Waals surface area contributed by atoms with Gasteiger partial charge in [0, 0.05) is 13.1 Å². The summed E-state index contributed by atoms with van der Waals surface area (Å²) >= 11 is 0. The second-order valence-corrected chi connectivity index (χ2v) is 8.31. The summed E-state index contributed by atoms with van der Waals surface area (Å²) in [5.74, 6) is -0.271. The first-order valence-corrected chi connectivity index (χ1v) is 9.96. The van der Waals surface area contributed by atoms with Crippen LogP contribution in [0.2, 0.25) is 0 Å². The number of nitrogens with one attached hydrogen (secondary N) is 1. The van der Waals surface area contributed by atoms with Crippen molar-refractivity contribution in [3.63, 3.8) is 0 Å². The molecule has 0 aliphatic carbocycles. The van der Waals surface area contributed by atoms with Crippen molar-refractivity contribution in [2.75, 3.05) is 18.8 Å². The second kappa shape index (κ2) is 7.37. The van der Waals surface area contributed by atoms with E-state index in [0.717, 1.165) is 11.1 Å². The highest BCUT2D eigenvalue weighted by Gasteiger charge is 2.38. The number of piperazine rings is 1. The molecule has 1 atom stereocenters. The number of hydrogen-bond donors (Lipinski definition) is 1. The predicted molar refractivity (Wildman–Crippen MR) is 97.6 cm³/mol. The lowest BCUT2D eigenvalue weighted by atomic mass is 10.0. The van der Waals surface area contributed by atoms with Gasteiger partial charge in [0.15, 0.2) is 0 Å². The molecule has 25 heavy (non-hydrogen) atoms. The zero-order chi connectivity index (χ0) is 17.9. The SMILES string of the molecule is Cc1cccc(C2C(=O)NCCN2S(=O)(=O)CCc2ccccc2)c1. The van der Waals surface area contributed by atoms with Gasteiger partial charge in [-0.15, -0.1) is 0 Å². The predicted octanol–water partition coefficient (Wildman–Crippen LogP) is 2.04. The smallest absolute Gasteiger partial charge is 0.243 e. The van der Waals surface area contributed by atoms with Crippen LogP contribution in [0, 0.1) is 6.92 Å². The molecule has 1 amide bonds. The van der Waals surface area contributed by atoms with Gasteiger partial charge in [0.1, 0.15) is 6.04 Å². The topological polar surface area (TPSA) is 66.5 Å². The first-order valence-electron chi connectivity index (χ1n) is 8.35. The molecule has 1 aliphatic heterocycles. The number of aryl methyl sites for hydroxylation is 2. The van der Waals surface area contributed by atoms with Crippen LogP contribution in [0.25, 0.3) is 0 Å². The van der Waals surface area contributed by atoms with E-state index in [2.05, 4.69) is 5.32 Å². The van der Waals surface area contributed by atoms with Gasteiger partial charge < -0.3 is 5.32 Å².